The molecule has 0 saturated carbocycles. The Labute approximate surface area is 244 Å². The first-order chi connectivity index (χ1) is 19.4. The van der Waals surface area contributed by atoms with Gasteiger partial charge in [-0.15, -0.1) is 0 Å². The Kier molecular flexibility index (Phi) is 11.2. The van der Waals surface area contributed by atoms with Gasteiger partial charge in [-0.3, -0.25) is 4.90 Å². The molecule has 1 heterocycles. The molecule has 4 rings (SSSR count). The molecule has 2 aromatic rings. The second kappa shape index (κ2) is 14.8. The molecule has 0 aromatic heterocycles. The Bertz CT molecular complexity index is 1270. The molecule has 1 aliphatic heterocycles. The van der Waals surface area contributed by atoms with Crippen LogP contribution in [0.15, 0.2) is 52.5 Å². The predicted octanol–water partition coefficient (Wildman–Crippen LogP) is 7.17. The normalized spacial score (nSPS) is 17.7. The molecule has 0 radical (unpaired) electrons. The number of nitrogens with zero attached hydrogens (tertiary/aromatic N) is 4. The summed E-state index contributed by atoms with van der Waals surface area (Å²) in [4.78, 5) is 13.7. The van der Waals surface area contributed by atoms with E-state index >= 15 is 4.39 Å². The lowest BCUT2D eigenvalue weighted by atomic mass is 9.93. The van der Waals surface area contributed by atoms with Gasteiger partial charge in [0.25, 0.3) is 0 Å². The number of fused-ring (bicyclic) bond motifs is 1. The van der Waals surface area contributed by atoms with Crippen LogP contribution in [-0.2, 0) is 12.8 Å². The van der Waals surface area contributed by atoms with E-state index in [1.807, 2.05) is 37.4 Å². The minimum Gasteiger partial charge on any atom is -0.309 e. The van der Waals surface area contributed by atoms with E-state index in [2.05, 4.69) is 59.1 Å². The van der Waals surface area contributed by atoms with Gasteiger partial charge in [0.15, 0.2) is 5.82 Å². The van der Waals surface area contributed by atoms with E-state index in [-0.39, 0.29) is 5.82 Å². The SMILES string of the molecule is C=N/C(CCCCCN(C)C)=N\c1c(CC2CCCN2CNC)cc(Cl)c(C2=CC=Cc3ccccc3C2)c1F. The molecule has 0 spiro atoms. The summed E-state index contributed by atoms with van der Waals surface area (Å²) < 4.78 is 16.7. The van der Waals surface area contributed by atoms with Crippen molar-refractivity contribution < 1.29 is 4.39 Å². The van der Waals surface area contributed by atoms with Gasteiger partial charge in [-0.1, -0.05) is 60.5 Å². The summed E-state index contributed by atoms with van der Waals surface area (Å²) in [5.41, 5.74) is 4.75. The number of likely N-dealkylation sites (tertiary alicyclic amines) is 1. The Morgan fingerprint density at radius 1 is 1.23 bits per heavy atom. The number of amidine groups is 1. The highest BCUT2D eigenvalue weighted by molar-refractivity contribution is 6.32. The van der Waals surface area contributed by atoms with Crippen molar-refractivity contribution in [3.8, 4) is 0 Å². The molecule has 0 bridgehead atoms. The van der Waals surface area contributed by atoms with Gasteiger partial charge >= 0.3 is 0 Å². The lowest BCUT2D eigenvalue weighted by Crippen LogP contribution is -2.37. The fraction of sp³-hybridized carbons (Fsp3) is 0.455. The van der Waals surface area contributed by atoms with E-state index in [9.17, 15) is 0 Å². The number of allylic oxidation sites excluding steroid dienone is 3. The third kappa shape index (κ3) is 7.76. The molecule has 1 unspecified atom stereocenters. The van der Waals surface area contributed by atoms with Crippen molar-refractivity contribution in [2.24, 2.45) is 9.98 Å². The minimum absolute atomic E-state index is 0.306. The third-order valence-corrected chi connectivity index (χ3v) is 8.14. The Morgan fingerprint density at radius 2 is 2.05 bits per heavy atom. The molecule has 7 heteroatoms. The van der Waals surface area contributed by atoms with Crippen molar-refractivity contribution in [2.75, 3.05) is 40.9 Å². The Balaban J connectivity index is 1.70. The number of halogens is 2. The lowest BCUT2D eigenvalue weighted by Gasteiger charge is -2.25. The summed E-state index contributed by atoms with van der Waals surface area (Å²) >= 11 is 6.90. The quantitative estimate of drug-likeness (QED) is 0.169. The smallest absolute Gasteiger partial charge is 0.158 e. The molecule has 1 saturated heterocycles. The second-order valence-electron chi connectivity index (χ2n) is 11.1. The van der Waals surface area contributed by atoms with Crippen molar-refractivity contribution in [3.05, 3.63) is 75.6 Å². The van der Waals surface area contributed by atoms with Crippen LogP contribution in [0.3, 0.4) is 0 Å². The van der Waals surface area contributed by atoms with E-state index < -0.39 is 0 Å². The first-order valence-corrected chi connectivity index (χ1v) is 14.8. The van der Waals surface area contributed by atoms with Gasteiger partial charge < -0.3 is 10.2 Å². The summed E-state index contributed by atoms with van der Waals surface area (Å²) in [5, 5.41) is 3.70. The van der Waals surface area contributed by atoms with Crippen molar-refractivity contribution in [1.82, 2.24) is 15.1 Å². The number of rotatable bonds is 12. The van der Waals surface area contributed by atoms with Gasteiger partial charge in [-0.25, -0.2) is 14.4 Å². The van der Waals surface area contributed by atoms with Crippen LogP contribution in [0, 0.1) is 5.82 Å². The Morgan fingerprint density at radius 3 is 2.83 bits per heavy atom. The van der Waals surface area contributed by atoms with Crippen molar-refractivity contribution >= 4 is 41.5 Å². The molecule has 1 aliphatic carbocycles. The number of unbranched alkanes of at least 4 members (excludes halogenated alkanes) is 2. The zero-order valence-electron chi connectivity index (χ0n) is 24.2. The number of aliphatic imine (C=N–C) groups is 2. The molecule has 214 valence electrons. The summed E-state index contributed by atoms with van der Waals surface area (Å²) in [6.45, 7) is 6.66. The third-order valence-electron chi connectivity index (χ3n) is 7.85. The zero-order chi connectivity index (χ0) is 28.5. The molecule has 2 aliphatic rings. The van der Waals surface area contributed by atoms with Crippen LogP contribution in [0.25, 0.3) is 11.6 Å². The predicted molar refractivity (Wildman–Crippen MR) is 170 cm³/mol. The molecular formula is C33H43ClFN5. The Hall–Kier alpha value is -2.64. The highest BCUT2D eigenvalue weighted by Crippen LogP contribution is 2.40. The molecular weight excluding hydrogens is 521 g/mol. The average molecular weight is 564 g/mol. The van der Waals surface area contributed by atoms with E-state index in [1.54, 1.807) is 0 Å². The van der Waals surface area contributed by atoms with Crippen LogP contribution >= 0.6 is 11.6 Å². The maximum Gasteiger partial charge on any atom is 0.158 e. The summed E-state index contributed by atoms with van der Waals surface area (Å²) in [5.74, 6) is 0.213. The van der Waals surface area contributed by atoms with Gasteiger partial charge in [-0.2, -0.15) is 0 Å². The zero-order valence-corrected chi connectivity index (χ0v) is 25.0. The lowest BCUT2D eigenvalue weighted by molar-refractivity contribution is 0.240. The standard InChI is InChI=1S/C33H43ClFN5/c1-36-23-40-19-11-16-28(40)21-27-22-29(34)31(26-15-10-14-24-12-7-8-13-25(24)20-26)32(35)33(27)38-30(37-2)17-6-5-9-18-39(3)4/h7-8,10,12-15,22,28,36H,2,5-6,9,11,16-21,23H2,1,3-4H3/b38-30-. The van der Waals surface area contributed by atoms with Crippen LogP contribution in [0.2, 0.25) is 5.02 Å². The summed E-state index contributed by atoms with van der Waals surface area (Å²) in [6.07, 6.45) is 13.3. The van der Waals surface area contributed by atoms with E-state index in [0.29, 0.717) is 47.4 Å². The molecule has 1 N–H and O–H groups in total. The molecule has 1 atom stereocenters. The van der Waals surface area contributed by atoms with Crippen molar-refractivity contribution in [3.63, 3.8) is 0 Å². The van der Waals surface area contributed by atoms with Crippen LogP contribution in [0.5, 0.6) is 0 Å². The molecule has 40 heavy (non-hydrogen) atoms. The van der Waals surface area contributed by atoms with Crippen LogP contribution in [0.4, 0.5) is 10.1 Å². The van der Waals surface area contributed by atoms with E-state index in [4.69, 9.17) is 16.6 Å². The maximum atomic E-state index is 16.7. The maximum absolute atomic E-state index is 16.7. The molecule has 0 amide bonds. The topological polar surface area (TPSA) is 43.2 Å². The summed E-state index contributed by atoms with van der Waals surface area (Å²) in [7, 11) is 6.13. The van der Waals surface area contributed by atoms with Crippen LogP contribution in [0.1, 0.15) is 60.8 Å². The summed E-state index contributed by atoms with van der Waals surface area (Å²) in [6, 6.07) is 10.5. The number of hydrogen-bond donors (Lipinski definition) is 1. The fourth-order valence-electron chi connectivity index (χ4n) is 5.77. The fourth-order valence-corrected chi connectivity index (χ4v) is 6.10. The van der Waals surface area contributed by atoms with Gasteiger partial charge in [0.05, 0.1) is 5.02 Å². The van der Waals surface area contributed by atoms with Crippen LogP contribution in [-0.4, -0.2) is 69.3 Å². The van der Waals surface area contributed by atoms with Gasteiger partial charge in [0, 0.05) is 24.7 Å². The van der Waals surface area contributed by atoms with Gasteiger partial charge in [0.2, 0.25) is 0 Å². The monoisotopic (exact) mass is 563 g/mol. The average Bonchev–Trinajstić information content (AvgIpc) is 3.25. The van der Waals surface area contributed by atoms with Crippen molar-refractivity contribution in [2.45, 2.75) is 57.4 Å². The second-order valence-corrected chi connectivity index (χ2v) is 11.5. The largest absolute Gasteiger partial charge is 0.309 e. The van der Waals surface area contributed by atoms with Gasteiger partial charge in [0.1, 0.15) is 11.5 Å². The first kappa shape index (κ1) is 30.3. The minimum atomic E-state index is -0.367. The van der Waals surface area contributed by atoms with E-state index in [0.717, 1.165) is 74.1 Å². The highest BCUT2D eigenvalue weighted by Gasteiger charge is 2.28. The molecule has 5 nitrogen and oxygen atoms in total. The highest BCUT2D eigenvalue weighted by atomic mass is 35.5. The molecule has 1 fully saturated rings. The number of nitrogens with one attached hydrogen (secondary N) is 1. The van der Waals surface area contributed by atoms with Crippen molar-refractivity contribution in [1.29, 1.82) is 0 Å². The molecule has 2 aromatic carbocycles. The van der Waals surface area contributed by atoms with E-state index in [1.165, 1.54) is 0 Å². The number of benzene rings is 2. The number of hydrogen-bond acceptors (Lipinski definition) is 4. The van der Waals surface area contributed by atoms with Gasteiger partial charge in [-0.05, 0) is 108 Å². The van der Waals surface area contributed by atoms with Crippen LogP contribution < -0.4 is 5.32 Å². The first-order valence-electron chi connectivity index (χ1n) is 14.4.